The van der Waals surface area contributed by atoms with E-state index in [1.54, 1.807) is 13.8 Å². The van der Waals surface area contributed by atoms with E-state index in [-0.39, 0.29) is 11.0 Å². The lowest BCUT2D eigenvalue weighted by molar-refractivity contribution is -0.137. The van der Waals surface area contributed by atoms with E-state index in [9.17, 15) is 21.6 Å². The van der Waals surface area contributed by atoms with E-state index < -0.39 is 26.3 Å². The van der Waals surface area contributed by atoms with Gasteiger partial charge in [0.25, 0.3) is 0 Å². The molecule has 2 rings (SSSR count). The summed E-state index contributed by atoms with van der Waals surface area (Å²) in [4.78, 5) is -0.265. The van der Waals surface area contributed by atoms with Crippen LogP contribution in [0.25, 0.3) is 0 Å². The van der Waals surface area contributed by atoms with Crippen LogP contribution in [-0.2, 0) is 20.8 Å². The van der Waals surface area contributed by atoms with Gasteiger partial charge < -0.3 is 4.74 Å². The lowest BCUT2D eigenvalue weighted by Crippen LogP contribution is -2.46. The molecule has 0 amide bonds. The van der Waals surface area contributed by atoms with Gasteiger partial charge in [-0.15, -0.1) is 0 Å². The van der Waals surface area contributed by atoms with Crippen LogP contribution in [0.3, 0.4) is 0 Å². The number of alkyl halides is 3. The van der Waals surface area contributed by atoms with Gasteiger partial charge in [0.05, 0.1) is 21.3 Å². The van der Waals surface area contributed by atoms with Crippen LogP contribution in [0, 0.1) is 0 Å². The number of hydrogen-bond acceptors (Lipinski definition) is 3. The van der Waals surface area contributed by atoms with Gasteiger partial charge in [0.2, 0.25) is 0 Å². The molecule has 1 fully saturated rings. The van der Waals surface area contributed by atoms with Crippen LogP contribution in [0.4, 0.5) is 13.2 Å². The molecular weight excluding hydrogens is 317 g/mol. The Balaban J connectivity index is 2.49. The van der Waals surface area contributed by atoms with Crippen molar-refractivity contribution in [1.82, 2.24) is 0 Å². The fourth-order valence-corrected chi connectivity index (χ4v) is 5.20. The van der Waals surface area contributed by atoms with E-state index in [0.717, 1.165) is 18.2 Å². The minimum Gasteiger partial charge on any atom is -0.378 e. The number of halogens is 3. The van der Waals surface area contributed by atoms with Crippen molar-refractivity contribution in [2.75, 3.05) is 6.61 Å². The zero-order valence-electron chi connectivity index (χ0n) is 12.5. The molecule has 1 aromatic rings. The molecule has 3 nitrogen and oxygen atoms in total. The van der Waals surface area contributed by atoms with Crippen molar-refractivity contribution < 1.29 is 26.3 Å². The molecule has 1 saturated heterocycles. The molecule has 0 N–H and O–H groups in total. The summed E-state index contributed by atoms with van der Waals surface area (Å²) < 4.78 is 68.7. The predicted octanol–water partition coefficient (Wildman–Crippen LogP) is 3.83. The van der Waals surface area contributed by atoms with Gasteiger partial charge in [0, 0.05) is 6.61 Å². The summed E-state index contributed by atoms with van der Waals surface area (Å²) in [5.74, 6) is 0. The van der Waals surface area contributed by atoms with Crippen molar-refractivity contribution >= 4 is 9.84 Å². The summed E-state index contributed by atoms with van der Waals surface area (Å²) in [5.41, 5.74) is -0.945. The molecule has 7 heteroatoms. The standard InChI is InChI=1S/C15H19F3O3S/c1-3-14(7-8-21-11(2)10-14)22(19,20)13-6-4-5-12(9-13)15(16,17)18/h4-6,9,11H,3,7-8,10H2,1-2H3. The molecule has 0 saturated carbocycles. The Kier molecular flexibility index (Phi) is 4.59. The van der Waals surface area contributed by atoms with Crippen LogP contribution in [0.5, 0.6) is 0 Å². The molecule has 1 aliphatic heterocycles. The molecule has 0 spiro atoms. The number of benzene rings is 1. The molecule has 0 aliphatic carbocycles. The van der Waals surface area contributed by atoms with Crippen molar-refractivity contribution in [2.24, 2.45) is 0 Å². The van der Waals surface area contributed by atoms with E-state index in [4.69, 9.17) is 4.74 Å². The summed E-state index contributed by atoms with van der Waals surface area (Å²) >= 11 is 0. The summed E-state index contributed by atoms with van der Waals surface area (Å²) in [5, 5.41) is 0. The maximum absolute atomic E-state index is 12.9. The predicted molar refractivity (Wildman–Crippen MR) is 76.3 cm³/mol. The highest BCUT2D eigenvalue weighted by Gasteiger charge is 2.46. The Morgan fingerprint density at radius 1 is 1.36 bits per heavy atom. The highest BCUT2D eigenvalue weighted by atomic mass is 32.2. The van der Waals surface area contributed by atoms with Crippen molar-refractivity contribution in [3.05, 3.63) is 29.8 Å². The monoisotopic (exact) mass is 336 g/mol. The molecule has 0 bridgehead atoms. The molecule has 0 radical (unpaired) electrons. The third kappa shape index (κ3) is 3.01. The van der Waals surface area contributed by atoms with Crippen LogP contribution in [0.2, 0.25) is 0 Å². The van der Waals surface area contributed by atoms with Gasteiger partial charge in [0.1, 0.15) is 0 Å². The van der Waals surface area contributed by atoms with E-state index in [2.05, 4.69) is 0 Å². The molecule has 124 valence electrons. The van der Waals surface area contributed by atoms with Gasteiger partial charge >= 0.3 is 6.18 Å². The minimum atomic E-state index is -4.56. The Morgan fingerprint density at radius 2 is 2.05 bits per heavy atom. The summed E-state index contributed by atoms with van der Waals surface area (Å²) in [6.07, 6.45) is -3.85. The Bertz CT molecular complexity index is 640. The average Bonchev–Trinajstić information content (AvgIpc) is 2.46. The first-order chi connectivity index (χ1) is 10.1. The van der Waals surface area contributed by atoms with E-state index >= 15 is 0 Å². The fraction of sp³-hybridized carbons (Fsp3) is 0.600. The van der Waals surface area contributed by atoms with Crippen LogP contribution in [0.1, 0.15) is 38.7 Å². The first-order valence-corrected chi connectivity index (χ1v) is 8.64. The van der Waals surface area contributed by atoms with Crippen LogP contribution >= 0.6 is 0 Å². The average molecular weight is 336 g/mol. The van der Waals surface area contributed by atoms with Crippen LogP contribution in [0.15, 0.2) is 29.2 Å². The molecule has 22 heavy (non-hydrogen) atoms. The lowest BCUT2D eigenvalue weighted by Gasteiger charge is -2.38. The normalized spacial score (nSPS) is 26.9. The second-order valence-corrected chi connectivity index (χ2v) is 8.05. The summed E-state index contributed by atoms with van der Waals surface area (Å²) in [6, 6.07) is 3.99. The fourth-order valence-electron chi connectivity index (χ4n) is 2.98. The second-order valence-electron chi connectivity index (χ2n) is 5.70. The van der Waals surface area contributed by atoms with Crippen molar-refractivity contribution in [1.29, 1.82) is 0 Å². The van der Waals surface area contributed by atoms with Crippen molar-refractivity contribution in [3.63, 3.8) is 0 Å². The van der Waals surface area contributed by atoms with Crippen molar-refractivity contribution in [2.45, 2.75) is 55.0 Å². The Labute approximate surface area is 128 Å². The molecule has 1 heterocycles. The highest BCUT2D eigenvalue weighted by molar-refractivity contribution is 7.92. The van der Waals surface area contributed by atoms with Gasteiger partial charge in [0.15, 0.2) is 9.84 Å². The van der Waals surface area contributed by atoms with Crippen molar-refractivity contribution in [3.8, 4) is 0 Å². The largest absolute Gasteiger partial charge is 0.416 e. The highest BCUT2D eigenvalue weighted by Crippen LogP contribution is 2.40. The SMILES string of the molecule is CCC1(S(=O)(=O)c2cccc(C(F)(F)F)c2)CCOC(C)C1. The quantitative estimate of drug-likeness (QED) is 0.843. The van der Waals surface area contributed by atoms with Crippen LogP contribution < -0.4 is 0 Å². The first kappa shape index (κ1) is 17.3. The van der Waals surface area contributed by atoms with E-state index in [0.29, 0.717) is 25.9 Å². The summed E-state index contributed by atoms with van der Waals surface area (Å²) in [7, 11) is -3.87. The molecule has 2 atom stereocenters. The smallest absolute Gasteiger partial charge is 0.378 e. The lowest BCUT2D eigenvalue weighted by atomic mass is 9.92. The van der Waals surface area contributed by atoms with Gasteiger partial charge in [-0.2, -0.15) is 13.2 Å². The van der Waals surface area contributed by atoms with Gasteiger partial charge in [-0.1, -0.05) is 13.0 Å². The number of rotatable bonds is 3. The minimum absolute atomic E-state index is 0.228. The molecule has 2 unspecified atom stereocenters. The molecule has 0 aromatic heterocycles. The third-order valence-electron chi connectivity index (χ3n) is 4.31. The summed E-state index contributed by atoms with van der Waals surface area (Å²) in [6.45, 7) is 3.83. The second kappa shape index (κ2) is 5.85. The van der Waals surface area contributed by atoms with E-state index in [1.807, 2.05) is 0 Å². The molecule has 1 aromatic carbocycles. The zero-order chi connectivity index (χ0) is 16.6. The Morgan fingerprint density at radius 3 is 2.59 bits per heavy atom. The van der Waals surface area contributed by atoms with Gasteiger partial charge in [-0.25, -0.2) is 8.42 Å². The van der Waals surface area contributed by atoms with E-state index in [1.165, 1.54) is 6.07 Å². The number of ether oxygens (including phenoxy) is 1. The molecular formula is C15H19F3O3S. The number of hydrogen-bond donors (Lipinski definition) is 0. The maximum Gasteiger partial charge on any atom is 0.416 e. The maximum atomic E-state index is 12.9. The Hall–Kier alpha value is -1.08. The van der Waals surface area contributed by atoms with Gasteiger partial charge in [-0.05, 0) is 44.4 Å². The first-order valence-electron chi connectivity index (χ1n) is 7.16. The number of sulfone groups is 1. The van der Waals surface area contributed by atoms with Gasteiger partial charge in [-0.3, -0.25) is 0 Å². The zero-order valence-corrected chi connectivity index (χ0v) is 13.3. The van der Waals surface area contributed by atoms with Crippen LogP contribution in [-0.4, -0.2) is 25.9 Å². The third-order valence-corrected chi connectivity index (χ3v) is 6.98. The topological polar surface area (TPSA) is 43.4 Å². The molecule has 1 aliphatic rings.